The summed E-state index contributed by atoms with van der Waals surface area (Å²) in [6.45, 7) is 2.81. The van der Waals surface area contributed by atoms with Gasteiger partial charge in [0, 0.05) is 23.7 Å². The van der Waals surface area contributed by atoms with Gasteiger partial charge >= 0.3 is 0 Å². The molecule has 16 heavy (non-hydrogen) atoms. The molecular formula is C13H16N2O. The normalized spacial score (nSPS) is 31.9. The van der Waals surface area contributed by atoms with E-state index in [0.29, 0.717) is 0 Å². The van der Waals surface area contributed by atoms with Gasteiger partial charge in [-0.25, -0.2) is 0 Å². The fraction of sp³-hybridized carbons (Fsp3) is 0.462. The maximum absolute atomic E-state index is 12.2. The lowest BCUT2D eigenvalue weighted by atomic mass is 9.77. The van der Waals surface area contributed by atoms with Crippen molar-refractivity contribution in [3.63, 3.8) is 0 Å². The van der Waals surface area contributed by atoms with Gasteiger partial charge in [-0.15, -0.1) is 0 Å². The van der Waals surface area contributed by atoms with Crippen LogP contribution in [0.4, 0.5) is 0 Å². The van der Waals surface area contributed by atoms with E-state index in [1.807, 2.05) is 17.9 Å². The van der Waals surface area contributed by atoms with Gasteiger partial charge in [0.15, 0.2) is 0 Å². The van der Waals surface area contributed by atoms with E-state index in [2.05, 4.69) is 12.2 Å². The van der Waals surface area contributed by atoms with Gasteiger partial charge in [-0.05, 0) is 31.4 Å². The smallest absolute Gasteiger partial charge is 0.250 e. The molecule has 3 nitrogen and oxygen atoms in total. The van der Waals surface area contributed by atoms with Crippen molar-refractivity contribution in [2.24, 2.45) is 11.7 Å². The topological polar surface area (TPSA) is 46.3 Å². The second-order valence-corrected chi connectivity index (χ2v) is 4.60. The molecule has 3 rings (SSSR count). The Balaban J connectivity index is 2.14. The molecule has 3 heteroatoms. The van der Waals surface area contributed by atoms with Gasteiger partial charge in [-0.2, -0.15) is 0 Å². The van der Waals surface area contributed by atoms with Crippen LogP contribution in [-0.2, 0) is 4.79 Å². The Kier molecular flexibility index (Phi) is 1.96. The summed E-state index contributed by atoms with van der Waals surface area (Å²) in [6, 6.07) is 0.214. The highest BCUT2D eigenvalue weighted by Crippen LogP contribution is 2.44. The van der Waals surface area contributed by atoms with E-state index in [0.717, 1.165) is 30.7 Å². The Hall–Kier alpha value is -1.51. The van der Waals surface area contributed by atoms with Gasteiger partial charge in [-0.1, -0.05) is 12.2 Å². The van der Waals surface area contributed by atoms with Crippen LogP contribution in [0.2, 0.25) is 0 Å². The number of allylic oxidation sites excluding steroid dienone is 2. The summed E-state index contributed by atoms with van der Waals surface area (Å²) in [6.07, 6.45) is 8.11. The van der Waals surface area contributed by atoms with E-state index in [4.69, 9.17) is 5.73 Å². The number of hydrogen-bond donors (Lipinski definition) is 1. The number of likely N-dealkylation sites (N-methyl/N-ethyl adjacent to an activating group) is 1. The van der Waals surface area contributed by atoms with Crippen LogP contribution in [0.5, 0.6) is 0 Å². The molecule has 2 atom stereocenters. The van der Waals surface area contributed by atoms with Crippen LogP contribution < -0.4 is 5.73 Å². The molecule has 0 aromatic rings. The highest BCUT2D eigenvalue weighted by Gasteiger charge is 2.46. The van der Waals surface area contributed by atoms with E-state index in [1.165, 1.54) is 5.57 Å². The van der Waals surface area contributed by atoms with Gasteiger partial charge in [0.2, 0.25) is 0 Å². The number of nitrogens with zero attached hydrogens (tertiary/aromatic N) is 1. The molecule has 1 heterocycles. The highest BCUT2D eigenvalue weighted by atomic mass is 16.2. The molecular weight excluding hydrogens is 200 g/mol. The first-order valence-corrected chi connectivity index (χ1v) is 5.91. The Morgan fingerprint density at radius 1 is 1.56 bits per heavy atom. The summed E-state index contributed by atoms with van der Waals surface area (Å²) in [5.74, 6) is 0.445. The van der Waals surface area contributed by atoms with Crippen LogP contribution in [0.15, 0.2) is 35.1 Å². The Morgan fingerprint density at radius 2 is 2.38 bits per heavy atom. The molecule has 2 unspecified atom stereocenters. The summed E-state index contributed by atoms with van der Waals surface area (Å²) >= 11 is 0. The van der Waals surface area contributed by atoms with Crippen molar-refractivity contribution in [2.45, 2.75) is 25.8 Å². The Morgan fingerprint density at radius 3 is 3.12 bits per heavy atom. The monoisotopic (exact) mass is 216 g/mol. The quantitative estimate of drug-likeness (QED) is 0.719. The molecule has 1 fully saturated rings. The number of rotatable bonds is 1. The average molecular weight is 216 g/mol. The van der Waals surface area contributed by atoms with Crippen molar-refractivity contribution in [1.82, 2.24) is 4.90 Å². The van der Waals surface area contributed by atoms with Crippen LogP contribution in [0, 0.1) is 5.92 Å². The molecule has 0 radical (unpaired) electrons. The van der Waals surface area contributed by atoms with E-state index in [9.17, 15) is 4.79 Å². The minimum atomic E-state index is 0.203. The zero-order chi connectivity index (χ0) is 11.3. The number of amides is 1. The van der Waals surface area contributed by atoms with Crippen molar-refractivity contribution >= 4 is 5.91 Å². The predicted octanol–water partition coefficient (Wildman–Crippen LogP) is 1.34. The molecule has 0 bridgehead atoms. The summed E-state index contributed by atoms with van der Waals surface area (Å²) in [7, 11) is 0. The second kappa shape index (κ2) is 3.24. The van der Waals surface area contributed by atoms with Gasteiger partial charge in [0.1, 0.15) is 0 Å². The second-order valence-electron chi connectivity index (χ2n) is 4.60. The fourth-order valence-corrected chi connectivity index (χ4v) is 3.15. The molecule has 1 aliphatic heterocycles. The Bertz CT molecular complexity index is 445. The largest absolute Gasteiger partial charge is 0.399 e. The third-order valence-electron chi connectivity index (χ3n) is 3.88. The Labute approximate surface area is 95.3 Å². The molecule has 0 aromatic heterocycles. The lowest BCUT2D eigenvalue weighted by Crippen LogP contribution is -2.35. The molecule has 0 spiro atoms. The molecule has 2 aliphatic carbocycles. The number of likely N-dealkylation sites (tertiary alicyclic amines) is 1. The first kappa shape index (κ1) is 9.70. The number of carbonyl (C=O) groups is 1. The molecule has 1 amide bonds. The van der Waals surface area contributed by atoms with Crippen LogP contribution in [0.1, 0.15) is 19.8 Å². The van der Waals surface area contributed by atoms with Crippen LogP contribution >= 0.6 is 0 Å². The van der Waals surface area contributed by atoms with Crippen LogP contribution in [0.25, 0.3) is 0 Å². The SMILES string of the molecule is CCN1C(=O)C2=CCCC3=C(N)C=CC1C23. The van der Waals surface area contributed by atoms with Crippen molar-refractivity contribution < 1.29 is 4.79 Å². The standard InChI is InChI=1S/C13H16N2O/c1-2-15-11-7-6-10(14)8-4-3-5-9(12(8)11)13(15)16/h5-7,11-12H,2-4,14H2,1H3. The van der Waals surface area contributed by atoms with Crippen LogP contribution in [0.3, 0.4) is 0 Å². The number of nitrogens with two attached hydrogens (primary N) is 1. The maximum atomic E-state index is 12.2. The summed E-state index contributed by atoms with van der Waals surface area (Å²) < 4.78 is 0. The van der Waals surface area contributed by atoms with Crippen molar-refractivity contribution in [2.75, 3.05) is 6.54 Å². The first-order chi connectivity index (χ1) is 7.74. The number of carbonyl (C=O) groups excluding carboxylic acids is 1. The lowest BCUT2D eigenvalue weighted by Gasteiger charge is -2.30. The van der Waals surface area contributed by atoms with Crippen molar-refractivity contribution in [1.29, 1.82) is 0 Å². The highest BCUT2D eigenvalue weighted by molar-refractivity contribution is 5.98. The minimum Gasteiger partial charge on any atom is -0.399 e. The van der Waals surface area contributed by atoms with Crippen LogP contribution in [-0.4, -0.2) is 23.4 Å². The molecule has 2 N–H and O–H groups in total. The third kappa shape index (κ3) is 1.06. The first-order valence-electron chi connectivity index (χ1n) is 5.91. The zero-order valence-electron chi connectivity index (χ0n) is 9.44. The molecule has 0 saturated carbocycles. The third-order valence-corrected chi connectivity index (χ3v) is 3.88. The summed E-state index contributed by atoms with van der Waals surface area (Å²) in [4.78, 5) is 14.1. The fourth-order valence-electron chi connectivity index (χ4n) is 3.15. The summed E-state index contributed by atoms with van der Waals surface area (Å²) in [5, 5.41) is 0. The van der Waals surface area contributed by atoms with E-state index in [1.54, 1.807) is 0 Å². The molecule has 3 aliphatic rings. The van der Waals surface area contributed by atoms with E-state index in [-0.39, 0.29) is 17.9 Å². The predicted molar refractivity (Wildman–Crippen MR) is 62.3 cm³/mol. The molecule has 1 saturated heterocycles. The van der Waals surface area contributed by atoms with Gasteiger partial charge in [0.25, 0.3) is 5.91 Å². The molecule has 0 aromatic carbocycles. The van der Waals surface area contributed by atoms with Gasteiger partial charge in [0.05, 0.1) is 6.04 Å². The van der Waals surface area contributed by atoms with E-state index >= 15 is 0 Å². The van der Waals surface area contributed by atoms with E-state index < -0.39 is 0 Å². The average Bonchev–Trinajstić information content (AvgIpc) is 2.59. The molecule has 84 valence electrons. The number of hydrogen-bond acceptors (Lipinski definition) is 2. The van der Waals surface area contributed by atoms with Gasteiger partial charge < -0.3 is 10.6 Å². The summed E-state index contributed by atoms with van der Waals surface area (Å²) in [5.41, 5.74) is 9.13. The van der Waals surface area contributed by atoms with Crippen molar-refractivity contribution in [3.05, 3.63) is 35.1 Å². The van der Waals surface area contributed by atoms with Crippen molar-refractivity contribution in [3.8, 4) is 0 Å². The maximum Gasteiger partial charge on any atom is 0.250 e. The van der Waals surface area contributed by atoms with Gasteiger partial charge in [-0.3, -0.25) is 4.79 Å². The lowest BCUT2D eigenvalue weighted by molar-refractivity contribution is -0.125. The zero-order valence-corrected chi connectivity index (χ0v) is 9.44. The minimum absolute atomic E-state index is 0.203.